The second-order valence-corrected chi connectivity index (χ2v) is 8.85. The predicted molar refractivity (Wildman–Crippen MR) is 140 cm³/mol. The van der Waals surface area contributed by atoms with Gasteiger partial charge in [-0.05, 0) is 47.9 Å². The standard InChI is InChI=1S/C27H21BrN4O4/c28-22-8-9-26(36-17-18-4-3-5-23(12-18)32(34)35)20(14-22)13-21(15-29)27(33)30-11-10-19-16-31-25-7-2-1-6-24(19)25/h1-9,12-14,16,31H,10-11,17H2,(H,30,33)/b21-13-. The van der Waals surface area contributed by atoms with E-state index < -0.39 is 10.8 Å². The molecule has 0 saturated carbocycles. The monoisotopic (exact) mass is 544 g/mol. The zero-order chi connectivity index (χ0) is 25.5. The van der Waals surface area contributed by atoms with Gasteiger partial charge >= 0.3 is 0 Å². The van der Waals surface area contributed by atoms with Crippen LogP contribution in [-0.4, -0.2) is 22.4 Å². The highest BCUT2D eigenvalue weighted by Crippen LogP contribution is 2.27. The molecule has 2 N–H and O–H groups in total. The number of hydrogen-bond acceptors (Lipinski definition) is 5. The number of nitro benzene ring substituents is 1. The van der Waals surface area contributed by atoms with Crippen molar-refractivity contribution in [2.45, 2.75) is 13.0 Å². The number of non-ortho nitro benzene ring substituents is 1. The summed E-state index contributed by atoms with van der Waals surface area (Å²) in [4.78, 5) is 26.5. The fraction of sp³-hybridized carbons (Fsp3) is 0.111. The van der Waals surface area contributed by atoms with Crippen LogP contribution in [0, 0.1) is 21.4 Å². The highest BCUT2D eigenvalue weighted by molar-refractivity contribution is 9.10. The minimum atomic E-state index is -0.484. The number of amides is 1. The molecule has 0 saturated heterocycles. The first kappa shape index (κ1) is 24.7. The molecule has 180 valence electrons. The summed E-state index contributed by atoms with van der Waals surface area (Å²) in [5.41, 5.74) is 3.17. The van der Waals surface area contributed by atoms with E-state index in [1.807, 2.05) is 36.5 Å². The number of hydrogen-bond donors (Lipinski definition) is 2. The van der Waals surface area contributed by atoms with E-state index >= 15 is 0 Å². The summed E-state index contributed by atoms with van der Waals surface area (Å²) in [6.45, 7) is 0.456. The van der Waals surface area contributed by atoms with Crippen molar-refractivity contribution < 1.29 is 14.5 Å². The number of aromatic amines is 1. The van der Waals surface area contributed by atoms with E-state index in [1.165, 1.54) is 18.2 Å². The topological polar surface area (TPSA) is 121 Å². The Morgan fingerprint density at radius 1 is 1.17 bits per heavy atom. The number of nitrogens with one attached hydrogen (secondary N) is 2. The van der Waals surface area contributed by atoms with Gasteiger partial charge in [0.05, 0.1) is 4.92 Å². The zero-order valence-electron chi connectivity index (χ0n) is 19.0. The molecule has 4 aromatic rings. The van der Waals surface area contributed by atoms with Crippen molar-refractivity contribution in [3.05, 3.63) is 110 Å². The first-order chi connectivity index (χ1) is 17.4. The van der Waals surface area contributed by atoms with Gasteiger partial charge in [0.1, 0.15) is 24.0 Å². The quantitative estimate of drug-likeness (QED) is 0.121. The molecule has 0 aliphatic heterocycles. The Morgan fingerprint density at radius 3 is 2.81 bits per heavy atom. The minimum absolute atomic E-state index is 0.0249. The van der Waals surface area contributed by atoms with Gasteiger partial charge in [0.25, 0.3) is 11.6 Å². The number of carbonyl (C=O) groups is 1. The van der Waals surface area contributed by atoms with Crippen molar-refractivity contribution in [3.8, 4) is 11.8 Å². The molecule has 0 bridgehead atoms. The molecule has 8 nitrogen and oxygen atoms in total. The smallest absolute Gasteiger partial charge is 0.269 e. The average molecular weight is 545 g/mol. The maximum Gasteiger partial charge on any atom is 0.269 e. The minimum Gasteiger partial charge on any atom is -0.488 e. The summed E-state index contributed by atoms with van der Waals surface area (Å²) < 4.78 is 6.62. The van der Waals surface area contributed by atoms with Crippen LogP contribution in [0.15, 0.2) is 83.0 Å². The number of benzene rings is 3. The van der Waals surface area contributed by atoms with Gasteiger partial charge in [-0.15, -0.1) is 0 Å². The third kappa shape index (κ3) is 5.98. The third-order valence-corrected chi connectivity index (χ3v) is 6.00. The average Bonchev–Trinajstić information content (AvgIpc) is 3.30. The number of ether oxygens (including phenoxy) is 1. The van der Waals surface area contributed by atoms with Gasteiger partial charge in [-0.3, -0.25) is 14.9 Å². The maximum atomic E-state index is 12.7. The molecule has 0 fully saturated rings. The number of carbonyl (C=O) groups excluding carboxylic acids is 1. The Kier molecular flexibility index (Phi) is 7.78. The number of H-pyrrole nitrogens is 1. The molecule has 0 radical (unpaired) electrons. The van der Waals surface area contributed by atoms with Gasteiger partial charge in [-0.2, -0.15) is 5.26 Å². The molecular weight excluding hydrogens is 524 g/mol. The van der Waals surface area contributed by atoms with Crippen molar-refractivity contribution in [2.75, 3.05) is 6.54 Å². The summed E-state index contributed by atoms with van der Waals surface area (Å²) in [5, 5.41) is 24.6. The fourth-order valence-corrected chi connectivity index (χ4v) is 4.11. The molecule has 4 rings (SSSR count). The Morgan fingerprint density at radius 2 is 2.00 bits per heavy atom. The molecule has 1 aromatic heterocycles. The molecule has 0 aliphatic carbocycles. The number of nitriles is 1. The molecule has 0 unspecified atom stereocenters. The first-order valence-corrected chi connectivity index (χ1v) is 11.8. The van der Waals surface area contributed by atoms with Crippen molar-refractivity contribution in [2.24, 2.45) is 0 Å². The van der Waals surface area contributed by atoms with Crippen LogP contribution in [0.1, 0.15) is 16.7 Å². The fourth-order valence-electron chi connectivity index (χ4n) is 3.73. The van der Waals surface area contributed by atoms with Gasteiger partial charge in [0.15, 0.2) is 0 Å². The van der Waals surface area contributed by atoms with E-state index in [0.717, 1.165) is 20.9 Å². The lowest BCUT2D eigenvalue weighted by Crippen LogP contribution is -2.26. The lowest BCUT2D eigenvalue weighted by atomic mass is 10.1. The normalized spacial score (nSPS) is 11.2. The number of fused-ring (bicyclic) bond motifs is 1. The largest absolute Gasteiger partial charge is 0.488 e. The molecular formula is C27H21BrN4O4. The van der Waals surface area contributed by atoms with Crippen LogP contribution >= 0.6 is 15.9 Å². The van der Waals surface area contributed by atoms with Gasteiger partial charge in [-0.1, -0.05) is 46.3 Å². The zero-order valence-corrected chi connectivity index (χ0v) is 20.6. The summed E-state index contributed by atoms with van der Waals surface area (Å²) >= 11 is 3.40. The Hall–Kier alpha value is -4.42. The number of halogens is 1. The lowest BCUT2D eigenvalue weighted by Gasteiger charge is -2.11. The van der Waals surface area contributed by atoms with Crippen LogP contribution in [0.5, 0.6) is 5.75 Å². The van der Waals surface area contributed by atoms with Gasteiger partial charge in [-0.25, -0.2) is 0 Å². The molecule has 3 aromatic carbocycles. The number of aromatic nitrogens is 1. The third-order valence-electron chi connectivity index (χ3n) is 5.51. The SMILES string of the molecule is N#C/C(=C/c1cc(Br)ccc1OCc1cccc([N+](=O)[O-])c1)C(=O)NCCc1c[nH]c2ccccc12. The van der Waals surface area contributed by atoms with Crippen LogP contribution in [0.25, 0.3) is 17.0 Å². The van der Waals surface area contributed by atoms with E-state index in [0.29, 0.717) is 29.8 Å². The molecule has 0 atom stereocenters. The van der Waals surface area contributed by atoms with Crippen LogP contribution in [0.3, 0.4) is 0 Å². The van der Waals surface area contributed by atoms with Crippen LogP contribution in [-0.2, 0) is 17.8 Å². The summed E-state index contributed by atoms with van der Waals surface area (Å²) in [7, 11) is 0. The Labute approximate surface area is 215 Å². The number of para-hydroxylation sites is 1. The summed E-state index contributed by atoms with van der Waals surface area (Å²) in [5.74, 6) is -0.0500. The lowest BCUT2D eigenvalue weighted by molar-refractivity contribution is -0.384. The van der Waals surface area contributed by atoms with Gasteiger partial charge < -0.3 is 15.0 Å². The van der Waals surface area contributed by atoms with E-state index in [9.17, 15) is 20.2 Å². The summed E-state index contributed by atoms with van der Waals surface area (Å²) in [6, 6.07) is 21.3. The number of rotatable bonds is 9. The highest BCUT2D eigenvalue weighted by atomic mass is 79.9. The molecule has 0 aliphatic rings. The van der Waals surface area contributed by atoms with Crippen molar-refractivity contribution in [1.29, 1.82) is 5.26 Å². The Bertz CT molecular complexity index is 1500. The molecule has 0 spiro atoms. The molecule has 36 heavy (non-hydrogen) atoms. The number of nitrogens with zero attached hydrogens (tertiary/aromatic N) is 2. The van der Waals surface area contributed by atoms with E-state index in [1.54, 1.807) is 30.3 Å². The van der Waals surface area contributed by atoms with Crippen LogP contribution in [0.4, 0.5) is 5.69 Å². The molecule has 9 heteroatoms. The van der Waals surface area contributed by atoms with E-state index in [4.69, 9.17) is 4.74 Å². The molecule has 1 amide bonds. The highest BCUT2D eigenvalue weighted by Gasteiger charge is 2.13. The van der Waals surface area contributed by atoms with Crippen molar-refractivity contribution >= 4 is 44.5 Å². The van der Waals surface area contributed by atoms with Crippen LogP contribution in [0.2, 0.25) is 0 Å². The summed E-state index contributed by atoms with van der Waals surface area (Å²) in [6.07, 6.45) is 4.00. The Balaban J connectivity index is 1.45. The van der Waals surface area contributed by atoms with E-state index in [-0.39, 0.29) is 17.9 Å². The number of nitro groups is 1. The van der Waals surface area contributed by atoms with Gasteiger partial charge in [0.2, 0.25) is 0 Å². The van der Waals surface area contributed by atoms with Crippen molar-refractivity contribution in [3.63, 3.8) is 0 Å². The van der Waals surface area contributed by atoms with Crippen molar-refractivity contribution in [1.82, 2.24) is 10.3 Å². The predicted octanol–water partition coefficient (Wildman–Crippen LogP) is 5.68. The first-order valence-electron chi connectivity index (χ1n) is 11.1. The van der Waals surface area contributed by atoms with Crippen LogP contribution < -0.4 is 10.1 Å². The second kappa shape index (κ2) is 11.3. The maximum absolute atomic E-state index is 12.7. The second-order valence-electron chi connectivity index (χ2n) is 7.93. The molecule has 1 heterocycles. The van der Waals surface area contributed by atoms with E-state index in [2.05, 4.69) is 26.2 Å². The van der Waals surface area contributed by atoms with Gasteiger partial charge in [0, 0.05) is 45.8 Å².